The zero-order chi connectivity index (χ0) is 13.7. The molecule has 1 saturated heterocycles. The van der Waals surface area contributed by atoms with Crippen LogP contribution in [0.4, 0.5) is 0 Å². The van der Waals surface area contributed by atoms with Crippen LogP contribution in [0.2, 0.25) is 0 Å². The molecule has 0 amide bonds. The summed E-state index contributed by atoms with van der Waals surface area (Å²) in [5.41, 5.74) is -0.305. The van der Waals surface area contributed by atoms with Gasteiger partial charge >= 0.3 is 0 Å². The van der Waals surface area contributed by atoms with Crippen LogP contribution in [0.25, 0.3) is 0 Å². The highest BCUT2D eigenvalue weighted by Crippen LogP contribution is 2.24. The van der Waals surface area contributed by atoms with Crippen LogP contribution in [0, 0.1) is 17.2 Å². The van der Waals surface area contributed by atoms with Crippen LogP contribution in [-0.4, -0.2) is 36.1 Å². The van der Waals surface area contributed by atoms with Crippen molar-refractivity contribution >= 4 is 0 Å². The molecule has 1 N–H and O–H groups in total. The van der Waals surface area contributed by atoms with Crippen molar-refractivity contribution in [3.8, 4) is 6.07 Å². The largest absolute Gasteiger partial charge is 0.303 e. The topological polar surface area (TPSA) is 39.1 Å². The van der Waals surface area contributed by atoms with Crippen LogP contribution in [0.3, 0.4) is 0 Å². The van der Waals surface area contributed by atoms with Crippen LogP contribution < -0.4 is 5.32 Å². The third-order valence-corrected chi connectivity index (χ3v) is 4.61. The van der Waals surface area contributed by atoms with E-state index in [0.29, 0.717) is 6.04 Å². The van der Waals surface area contributed by atoms with Crippen molar-refractivity contribution in [3.63, 3.8) is 0 Å². The van der Waals surface area contributed by atoms with Crippen LogP contribution in [0.15, 0.2) is 0 Å². The first-order valence-corrected chi connectivity index (χ1v) is 8.02. The molecule has 0 aromatic heterocycles. The number of nitrogens with zero attached hydrogens (tertiary/aromatic N) is 2. The van der Waals surface area contributed by atoms with Gasteiger partial charge in [0.25, 0.3) is 0 Å². The molecule has 2 unspecified atom stereocenters. The number of nitrogens with one attached hydrogen (secondary N) is 1. The Hall–Kier alpha value is -0.590. The minimum absolute atomic E-state index is 0.305. The Morgan fingerprint density at radius 1 is 1.26 bits per heavy atom. The molecule has 0 radical (unpaired) electrons. The lowest BCUT2D eigenvalue weighted by Crippen LogP contribution is -2.43. The van der Waals surface area contributed by atoms with Gasteiger partial charge < -0.3 is 4.90 Å². The first kappa shape index (κ1) is 14.8. The molecule has 3 heteroatoms. The summed E-state index contributed by atoms with van der Waals surface area (Å²) in [6.07, 6.45) is 8.69. The molecule has 0 aromatic carbocycles. The second-order valence-electron chi connectivity index (χ2n) is 6.84. The molecule has 0 spiro atoms. The maximum atomic E-state index is 9.35. The summed E-state index contributed by atoms with van der Waals surface area (Å²) in [7, 11) is 0. The first-order chi connectivity index (χ1) is 9.11. The van der Waals surface area contributed by atoms with E-state index in [1.807, 2.05) is 0 Å². The van der Waals surface area contributed by atoms with E-state index in [9.17, 15) is 5.26 Å². The van der Waals surface area contributed by atoms with Gasteiger partial charge in [0.05, 0.1) is 6.07 Å². The summed E-state index contributed by atoms with van der Waals surface area (Å²) in [6, 6.07) is 3.09. The molecule has 2 fully saturated rings. The van der Waals surface area contributed by atoms with Gasteiger partial charge in [-0.05, 0) is 77.4 Å². The van der Waals surface area contributed by atoms with Crippen LogP contribution in [0.1, 0.15) is 58.8 Å². The van der Waals surface area contributed by atoms with E-state index in [-0.39, 0.29) is 5.54 Å². The highest BCUT2D eigenvalue weighted by molar-refractivity contribution is 5.07. The molecule has 2 atom stereocenters. The lowest BCUT2D eigenvalue weighted by Gasteiger charge is -2.25. The molecule has 0 bridgehead atoms. The van der Waals surface area contributed by atoms with Gasteiger partial charge in [0.15, 0.2) is 0 Å². The predicted octanol–water partition coefficient (Wildman–Crippen LogP) is 2.92. The minimum atomic E-state index is -0.305. The fourth-order valence-corrected chi connectivity index (χ4v) is 3.04. The highest BCUT2D eigenvalue weighted by atomic mass is 15.1. The van der Waals surface area contributed by atoms with Crippen molar-refractivity contribution in [2.75, 3.05) is 19.6 Å². The number of hydrogen-bond donors (Lipinski definition) is 1. The van der Waals surface area contributed by atoms with Crippen molar-refractivity contribution in [3.05, 3.63) is 0 Å². The van der Waals surface area contributed by atoms with Gasteiger partial charge in [0.2, 0.25) is 0 Å². The summed E-state index contributed by atoms with van der Waals surface area (Å²) in [4.78, 5) is 2.60. The normalized spacial score (nSPS) is 28.4. The molecular formula is C16H29N3. The van der Waals surface area contributed by atoms with Gasteiger partial charge in [-0.1, -0.05) is 6.92 Å². The maximum absolute atomic E-state index is 9.35. The molecule has 19 heavy (non-hydrogen) atoms. The second-order valence-corrected chi connectivity index (χ2v) is 6.84. The molecule has 2 rings (SSSR count). The summed E-state index contributed by atoms with van der Waals surface area (Å²) < 4.78 is 0. The Morgan fingerprint density at radius 2 is 2.05 bits per heavy atom. The highest BCUT2D eigenvalue weighted by Gasteiger charge is 2.32. The molecule has 2 aliphatic rings. The number of hydrogen-bond acceptors (Lipinski definition) is 3. The van der Waals surface area contributed by atoms with Crippen molar-refractivity contribution < 1.29 is 0 Å². The SMILES string of the molecule is CC1CCCN(CCCC(C)(C#N)NC2CC2)CC1. The second kappa shape index (κ2) is 6.72. The standard InChI is InChI=1S/C16H29N3/c1-14-5-3-10-19(12-8-14)11-4-9-16(2,13-17)18-15-6-7-15/h14-15,18H,3-12H2,1-2H3. The summed E-state index contributed by atoms with van der Waals surface area (Å²) in [5.74, 6) is 0.894. The average molecular weight is 263 g/mol. The Labute approximate surface area is 118 Å². The lowest BCUT2D eigenvalue weighted by molar-refractivity contribution is 0.263. The first-order valence-electron chi connectivity index (χ1n) is 8.02. The molecule has 1 saturated carbocycles. The Bertz CT molecular complexity index is 318. The molecule has 0 aromatic rings. The monoisotopic (exact) mass is 263 g/mol. The number of nitriles is 1. The number of rotatable bonds is 6. The van der Waals surface area contributed by atoms with Crippen LogP contribution in [-0.2, 0) is 0 Å². The quantitative estimate of drug-likeness (QED) is 0.801. The van der Waals surface area contributed by atoms with Gasteiger partial charge in [-0.25, -0.2) is 0 Å². The van der Waals surface area contributed by atoms with Crippen molar-refractivity contribution in [1.29, 1.82) is 5.26 Å². The zero-order valence-electron chi connectivity index (χ0n) is 12.6. The van der Waals surface area contributed by atoms with E-state index in [0.717, 1.165) is 25.3 Å². The zero-order valence-corrected chi connectivity index (χ0v) is 12.6. The van der Waals surface area contributed by atoms with Gasteiger partial charge in [-0.2, -0.15) is 5.26 Å². The third kappa shape index (κ3) is 5.12. The van der Waals surface area contributed by atoms with Crippen molar-refractivity contribution in [2.45, 2.75) is 70.4 Å². The lowest BCUT2D eigenvalue weighted by atomic mass is 9.97. The predicted molar refractivity (Wildman–Crippen MR) is 78.9 cm³/mol. The smallest absolute Gasteiger partial charge is 0.104 e. The van der Waals surface area contributed by atoms with E-state index in [4.69, 9.17) is 0 Å². The molecule has 1 aliphatic heterocycles. The Balaban J connectivity index is 1.68. The maximum Gasteiger partial charge on any atom is 0.104 e. The molecule has 108 valence electrons. The summed E-state index contributed by atoms with van der Waals surface area (Å²) >= 11 is 0. The van der Waals surface area contributed by atoms with Gasteiger partial charge in [0, 0.05) is 6.04 Å². The molecule has 1 aliphatic carbocycles. The summed E-state index contributed by atoms with van der Waals surface area (Å²) in [6.45, 7) is 8.10. The molecular weight excluding hydrogens is 234 g/mol. The molecule has 1 heterocycles. The van der Waals surface area contributed by atoms with Crippen molar-refractivity contribution in [1.82, 2.24) is 10.2 Å². The Kier molecular flexibility index (Phi) is 5.24. The van der Waals surface area contributed by atoms with Crippen LogP contribution in [0.5, 0.6) is 0 Å². The third-order valence-electron chi connectivity index (χ3n) is 4.61. The van der Waals surface area contributed by atoms with Gasteiger partial charge in [0.1, 0.15) is 5.54 Å². The van der Waals surface area contributed by atoms with Crippen molar-refractivity contribution in [2.24, 2.45) is 5.92 Å². The van der Waals surface area contributed by atoms with Gasteiger partial charge in [-0.15, -0.1) is 0 Å². The fourth-order valence-electron chi connectivity index (χ4n) is 3.04. The van der Waals surface area contributed by atoms with E-state index >= 15 is 0 Å². The van der Waals surface area contributed by atoms with E-state index in [1.165, 1.54) is 45.2 Å². The van der Waals surface area contributed by atoms with E-state index in [2.05, 4.69) is 30.1 Å². The van der Waals surface area contributed by atoms with Crippen LogP contribution >= 0.6 is 0 Å². The van der Waals surface area contributed by atoms with Gasteiger partial charge in [-0.3, -0.25) is 5.32 Å². The molecule has 3 nitrogen and oxygen atoms in total. The van der Waals surface area contributed by atoms with E-state index < -0.39 is 0 Å². The average Bonchev–Trinajstić information content (AvgIpc) is 3.19. The summed E-state index contributed by atoms with van der Waals surface area (Å²) in [5, 5.41) is 12.8. The number of likely N-dealkylation sites (tertiary alicyclic amines) is 1. The Morgan fingerprint density at radius 3 is 2.74 bits per heavy atom. The van der Waals surface area contributed by atoms with E-state index in [1.54, 1.807) is 0 Å². The minimum Gasteiger partial charge on any atom is -0.303 e. The fraction of sp³-hybridized carbons (Fsp3) is 0.938.